The predicted octanol–water partition coefficient (Wildman–Crippen LogP) is 3.12. The second-order valence-electron chi connectivity index (χ2n) is 5.23. The highest BCUT2D eigenvalue weighted by molar-refractivity contribution is 6.18. The molecule has 2 aromatic rings. The van der Waals surface area contributed by atoms with Crippen molar-refractivity contribution in [3.63, 3.8) is 0 Å². The number of likely N-dealkylation sites (N-methyl/N-ethyl adjacent to an activating group) is 1. The molecule has 5 heteroatoms. The molecule has 0 aliphatic rings. The van der Waals surface area contributed by atoms with Crippen LogP contribution in [0.5, 0.6) is 0 Å². The number of aromatic nitrogens is 2. The lowest BCUT2D eigenvalue weighted by Gasteiger charge is -2.20. The second kappa shape index (κ2) is 6.76. The Kier molecular flexibility index (Phi) is 5.02. The summed E-state index contributed by atoms with van der Waals surface area (Å²) < 4.78 is 1.74. The lowest BCUT2D eigenvalue weighted by molar-refractivity contribution is -0.132. The predicted molar refractivity (Wildman–Crippen MR) is 85.5 cm³/mol. The summed E-state index contributed by atoms with van der Waals surface area (Å²) in [6.07, 6.45) is 2.48. The minimum absolute atomic E-state index is 0.0118. The SMILES string of the molecule is Cc1cn(C(CCCl)C(=O)N(C)C)nc1-c1ccccc1. The van der Waals surface area contributed by atoms with Gasteiger partial charge in [-0.1, -0.05) is 30.3 Å². The Labute approximate surface area is 130 Å². The average molecular weight is 306 g/mol. The first kappa shape index (κ1) is 15.6. The molecule has 0 spiro atoms. The molecule has 4 nitrogen and oxygen atoms in total. The van der Waals surface area contributed by atoms with Crippen LogP contribution in [0.4, 0.5) is 0 Å². The molecule has 0 aliphatic carbocycles. The zero-order chi connectivity index (χ0) is 15.4. The van der Waals surface area contributed by atoms with E-state index >= 15 is 0 Å². The Bertz CT molecular complexity index is 607. The van der Waals surface area contributed by atoms with Gasteiger partial charge in [0.25, 0.3) is 0 Å². The van der Waals surface area contributed by atoms with Crippen LogP contribution in [0.15, 0.2) is 36.5 Å². The molecule has 0 radical (unpaired) electrons. The maximum atomic E-state index is 12.3. The van der Waals surface area contributed by atoms with Crippen LogP contribution in [-0.4, -0.2) is 40.6 Å². The smallest absolute Gasteiger partial charge is 0.246 e. The molecule has 2 rings (SSSR count). The summed E-state index contributed by atoms with van der Waals surface area (Å²) in [6, 6.07) is 9.62. The molecule has 0 aliphatic heterocycles. The van der Waals surface area contributed by atoms with Crippen LogP contribution in [0, 0.1) is 6.92 Å². The van der Waals surface area contributed by atoms with Gasteiger partial charge in [-0.05, 0) is 18.9 Å². The van der Waals surface area contributed by atoms with Gasteiger partial charge in [-0.15, -0.1) is 11.6 Å². The van der Waals surface area contributed by atoms with Crippen LogP contribution in [-0.2, 0) is 4.79 Å². The number of hydrogen-bond donors (Lipinski definition) is 0. The van der Waals surface area contributed by atoms with Crippen LogP contribution in [0.2, 0.25) is 0 Å². The molecule has 0 fully saturated rings. The minimum atomic E-state index is -0.353. The summed E-state index contributed by atoms with van der Waals surface area (Å²) in [5.74, 6) is 0.432. The third-order valence-corrected chi connectivity index (χ3v) is 3.61. The van der Waals surface area contributed by atoms with Gasteiger partial charge in [0.1, 0.15) is 6.04 Å². The van der Waals surface area contributed by atoms with Crippen molar-refractivity contribution in [1.29, 1.82) is 0 Å². The van der Waals surface area contributed by atoms with E-state index in [0.29, 0.717) is 12.3 Å². The number of carbonyl (C=O) groups excluding carboxylic acids is 1. The van der Waals surface area contributed by atoms with Crippen molar-refractivity contribution >= 4 is 17.5 Å². The van der Waals surface area contributed by atoms with Crippen LogP contribution in [0.25, 0.3) is 11.3 Å². The lowest BCUT2D eigenvalue weighted by Crippen LogP contribution is -2.32. The van der Waals surface area contributed by atoms with Gasteiger partial charge < -0.3 is 4.90 Å². The largest absolute Gasteiger partial charge is 0.347 e. The van der Waals surface area contributed by atoms with Crippen molar-refractivity contribution in [2.75, 3.05) is 20.0 Å². The van der Waals surface area contributed by atoms with Gasteiger partial charge >= 0.3 is 0 Å². The molecule has 0 bridgehead atoms. The molecule has 21 heavy (non-hydrogen) atoms. The van der Waals surface area contributed by atoms with E-state index in [1.807, 2.05) is 43.5 Å². The number of rotatable bonds is 5. The Morgan fingerprint density at radius 1 is 1.33 bits per heavy atom. The van der Waals surface area contributed by atoms with Gasteiger partial charge in [0.2, 0.25) is 5.91 Å². The molecule has 1 amide bonds. The summed E-state index contributed by atoms with van der Waals surface area (Å²) in [5, 5.41) is 4.61. The zero-order valence-corrected chi connectivity index (χ0v) is 13.3. The molecule has 1 aromatic carbocycles. The first-order valence-corrected chi connectivity index (χ1v) is 7.46. The van der Waals surface area contributed by atoms with E-state index < -0.39 is 0 Å². The fraction of sp³-hybridized carbons (Fsp3) is 0.375. The number of amides is 1. The molecule has 0 N–H and O–H groups in total. The Morgan fingerprint density at radius 2 is 2.00 bits per heavy atom. The fourth-order valence-electron chi connectivity index (χ4n) is 2.29. The molecule has 0 saturated carbocycles. The molecule has 1 unspecified atom stereocenters. The van der Waals surface area contributed by atoms with Crippen molar-refractivity contribution < 1.29 is 4.79 Å². The molecular weight excluding hydrogens is 286 g/mol. The third-order valence-electron chi connectivity index (χ3n) is 3.39. The van der Waals surface area contributed by atoms with Crippen molar-refractivity contribution in [3.8, 4) is 11.3 Å². The number of carbonyl (C=O) groups is 1. The first-order valence-electron chi connectivity index (χ1n) is 6.93. The molecule has 112 valence electrons. The normalized spacial score (nSPS) is 12.2. The van der Waals surface area contributed by atoms with Crippen molar-refractivity contribution in [1.82, 2.24) is 14.7 Å². The first-order chi connectivity index (χ1) is 10.0. The summed E-state index contributed by atoms with van der Waals surface area (Å²) in [6.45, 7) is 2.00. The van der Waals surface area contributed by atoms with E-state index in [9.17, 15) is 4.79 Å². The van der Waals surface area contributed by atoms with Crippen LogP contribution < -0.4 is 0 Å². The second-order valence-corrected chi connectivity index (χ2v) is 5.61. The molecule has 0 saturated heterocycles. The number of aryl methyl sites for hydroxylation is 1. The van der Waals surface area contributed by atoms with Crippen molar-refractivity contribution in [3.05, 3.63) is 42.1 Å². The minimum Gasteiger partial charge on any atom is -0.347 e. The van der Waals surface area contributed by atoms with E-state index in [0.717, 1.165) is 16.8 Å². The Balaban J connectivity index is 2.38. The monoisotopic (exact) mass is 305 g/mol. The maximum Gasteiger partial charge on any atom is 0.246 e. The van der Waals surface area contributed by atoms with E-state index in [1.54, 1.807) is 23.7 Å². The number of benzene rings is 1. The topological polar surface area (TPSA) is 38.1 Å². The molecule has 1 heterocycles. The van der Waals surface area contributed by atoms with Gasteiger partial charge in [0, 0.05) is 31.7 Å². The van der Waals surface area contributed by atoms with E-state index in [2.05, 4.69) is 5.10 Å². The number of hydrogen-bond acceptors (Lipinski definition) is 2. The fourth-order valence-corrected chi connectivity index (χ4v) is 2.50. The Hall–Kier alpha value is -1.81. The van der Waals surface area contributed by atoms with Gasteiger partial charge in [0.15, 0.2) is 0 Å². The summed E-state index contributed by atoms with van der Waals surface area (Å²) in [4.78, 5) is 13.9. The average Bonchev–Trinajstić information content (AvgIpc) is 2.86. The molecular formula is C16H20ClN3O. The van der Waals surface area contributed by atoms with Crippen LogP contribution >= 0.6 is 11.6 Å². The summed E-state index contributed by atoms with van der Waals surface area (Å²) >= 11 is 5.85. The lowest BCUT2D eigenvalue weighted by atomic mass is 10.1. The highest BCUT2D eigenvalue weighted by atomic mass is 35.5. The van der Waals surface area contributed by atoms with Gasteiger partial charge in [-0.3, -0.25) is 9.48 Å². The number of nitrogens with zero attached hydrogens (tertiary/aromatic N) is 3. The van der Waals surface area contributed by atoms with Gasteiger partial charge in [0.05, 0.1) is 5.69 Å². The quantitative estimate of drug-likeness (QED) is 0.796. The standard InChI is InChI=1S/C16H20ClN3O/c1-12-11-20(14(9-10-17)16(21)19(2)3)18-15(12)13-7-5-4-6-8-13/h4-8,11,14H,9-10H2,1-3H3. The van der Waals surface area contributed by atoms with E-state index in [4.69, 9.17) is 11.6 Å². The van der Waals surface area contributed by atoms with Crippen LogP contribution in [0.3, 0.4) is 0 Å². The zero-order valence-electron chi connectivity index (χ0n) is 12.6. The van der Waals surface area contributed by atoms with Gasteiger partial charge in [-0.2, -0.15) is 5.10 Å². The van der Waals surface area contributed by atoms with Crippen molar-refractivity contribution in [2.45, 2.75) is 19.4 Å². The van der Waals surface area contributed by atoms with Gasteiger partial charge in [-0.25, -0.2) is 0 Å². The molecule has 1 aromatic heterocycles. The summed E-state index contributed by atoms with van der Waals surface area (Å²) in [7, 11) is 3.50. The Morgan fingerprint density at radius 3 is 2.57 bits per heavy atom. The van der Waals surface area contributed by atoms with Crippen molar-refractivity contribution in [2.24, 2.45) is 0 Å². The summed E-state index contributed by atoms with van der Waals surface area (Å²) in [5.41, 5.74) is 3.00. The highest BCUT2D eigenvalue weighted by Crippen LogP contribution is 2.24. The maximum absolute atomic E-state index is 12.3. The number of halogens is 1. The van der Waals surface area contributed by atoms with E-state index in [1.165, 1.54) is 0 Å². The third kappa shape index (κ3) is 3.45. The van der Waals surface area contributed by atoms with Crippen LogP contribution in [0.1, 0.15) is 18.0 Å². The molecule has 1 atom stereocenters. The number of alkyl halides is 1. The highest BCUT2D eigenvalue weighted by Gasteiger charge is 2.23. The van der Waals surface area contributed by atoms with E-state index in [-0.39, 0.29) is 11.9 Å².